The summed E-state index contributed by atoms with van der Waals surface area (Å²) in [7, 11) is 0. The molecule has 0 unspecified atom stereocenters. The lowest BCUT2D eigenvalue weighted by atomic mass is 10.3. The predicted molar refractivity (Wildman–Crippen MR) is 76.2 cm³/mol. The first kappa shape index (κ1) is 13.4. The Morgan fingerprint density at radius 2 is 1.95 bits per heavy atom. The molecule has 2 aromatic rings. The van der Waals surface area contributed by atoms with Gasteiger partial charge in [-0.2, -0.15) is 0 Å². The Labute approximate surface area is 113 Å². The third kappa shape index (κ3) is 3.98. The number of aromatic nitrogens is 2. The van der Waals surface area contributed by atoms with Crippen LogP contribution in [0.2, 0.25) is 0 Å². The normalized spacial score (nSPS) is 10.4. The van der Waals surface area contributed by atoms with Crippen LogP contribution in [0.5, 0.6) is 0 Å². The molecule has 0 atom stereocenters. The molecule has 0 bridgehead atoms. The van der Waals surface area contributed by atoms with Crippen LogP contribution in [0.25, 0.3) is 0 Å². The largest absolute Gasteiger partial charge is 0.467 e. The zero-order valence-corrected chi connectivity index (χ0v) is 11.4. The van der Waals surface area contributed by atoms with Gasteiger partial charge in [0.2, 0.25) is 0 Å². The fourth-order valence-corrected chi connectivity index (χ4v) is 1.79. The maximum Gasteiger partial charge on any atom is 0.133 e. The quantitative estimate of drug-likeness (QED) is 0.801. The average Bonchev–Trinajstić information content (AvgIpc) is 2.90. The van der Waals surface area contributed by atoms with Gasteiger partial charge in [0, 0.05) is 19.0 Å². The van der Waals surface area contributed by atoms with Gasteiger partial charge in [0.25, 0.3) is 0 Å². The van der Waals surface area contributed by atoms with Gasteiger partial charge in [0.1, 0.15) is 23.2 Å². The SMILES string of the molecule is CCCc1nc(NCC)cc(NCc2ccco2)n1. The zero-order valence-electron chi connectivity index (χ0n) is 11.4. The van der Waals surface area contributed by atoms with Crippen molar-refractivity contribution in [1.82, 2.24) is 9.97 Å². The highest BCUT2D eigenvalue weighted by Gasteiger charge is 2.04. The van der Waals surface area contributed by atoms with Crippen LogP contribution < -0.4 is 10.6 Å². The van der Waals surface area contributed by atoms with Crippen molar-refractivity contribution < 1.29 is 4.42 Å². The van der Waals surface area contributed by atoms with Gasteiger partial charge in [-0.3, -0.25) is 0 Å². The maximum atomic E-state index is 5.29. The van der Waals surface area contributed by atoms with E-state index in [-0.39, 0.29) is 0 Å². The molecule has 0 aliphatic carbocycles. The van der Waals surface area contributed by atoms with Crippen molar-refractivity contribution in [2.45, 2.75) is 33.2 Å². The molecule has 0 radical (unpaired) electrons. The monoisotopic (exact) mass is 260 g/mol. The molecule has 5 nitrogen and oxygen atoms in total. The van der Waals surface area contributed by atoms with Crippen molar-refractivity contribution in [2.24, 2.45) is 0 Å². The molecule has 0 amide bonds. The lowest BCUT2D eigenvalue weighted by Gasteiger charge is -2.09. The molecule has 0 spiro atoms. The molecule has 0 aliphatic heterocycles. The summed E-state index contributed by atoms with van der Waals surface area (Å²) in [6.45, 7) is 5.65. The second-order valence-electron chi connectivity index (χ2n) is 4.27. The van der Waals surface area contributed by atoms with Crippen molar-refractivity contribution in [2.75, 3.05) is 17.2 Å². The number of hydrogen-bond acceptors (Lipinski definition) is 5. The van der Waals surface area contributed by atoms with Crippen LogP contribution in [0.4, 0.5) is 11.6 Å². The van der Waals surface area contributed by atoms with E-state index in [0.29, 0.717) is 6.54 Å². The summed E-state index contributed by atoms with van der Waals surface area (Å²) >= 11 is 0. The van der Waals surface area contributed by atoms with Crippen LogP contribution >= 0.6 is 0 Å². The molecule has 5 heteroatoms. The molecule has 0 aliphatic rings. The lowest BCUT2D eigenvalue weighted by Crippen LogP contribution is -2.08. The second-order valence-corrected chi connectivity index (χ2v) is 4.27. The van der Waals surface area contributed by atoms with Crippen molar-refractivity contribution in [1.29, 1.82) is 0 Å². The van der Waals surface area contributed by atoms with E-state index in [1.54, 1.807) is 6.26 Å². The van der Waals surface area contributed by atoms with E-state index >= 15 is 0 Å². The molecule has 0 aromatic carbocycles. The van der Waals surface area contributed by atoms with Crippen LogP contribution in [0.3, 0.4) is 0 Å². The van der Waals surface area contributed by atoms with E-state index in [2.05, 4.69) is 34.4 Å². The van der Waals surface area contributed by atoms with E-state index in [4.69, 9.17) is 4.42 Å². The Kier molecular flexibility index (Phi) is 4.78. The Morgan fingerprint density at radius 1 is 1.16 bits per heavy atom. The van der Waals surface area contributed by atoms with E-state index in [1.807, 2.05) is 18.2 Å². The molecular weight excluding hydrogens is 240 g/mol. The summed E-state index contributed by atoms with van der Waals surface area (Å²) in [6, 6.07) is 5.74. The number of rotatable bonds is 7. The van der Waals surface area contributed by atoms with E-state index in [1.165, 1.54) is 0 Å². The fourth-order valence-electron chi connectivity index (χ4n) is 1.79. The molecule has 2 heterocycles. The molecule has 0 fully saturated rings. The number of nitrogens with one attached hydrogen (secondary N) is 2. The van der Waals surface area contributed by atoms with E-state index in [9.17, 15) is 0 Å². The molecule has 2 rings (SSSR count). The predicted octanol–water partition coefficient (Wildman–Crippen LogP) is 3.07. The zero-order chi connectivity index (χ0) is 13.5. The molecule has 0 saturated carbocycles. The van der Waals surface area contributed by atoms with Crippen molar-refractivity contribution >= 4 is 11.6 Å². The molecular formula is C14H20N4O. The van der Waals surface area contributed by atoms with Crippen LogP contribution in [-0.2, 0) is 13.0 Å². The van der Waals surface area contributed by atoms with Crippen molar-refractivity contribution in [3.63, 3.8) is 0 Å². The highest BCUT2D eigenvalue weighted by Crippen LogP contribution is 2.13. The first-order valence-corrected chi connectivity index (χ1v) is 6.70. The molecule has 0 saturated heterocycles. The molecule has 102 valence electrons. The van der Waals surface area contributed by atoms with Crippen LogP contribution in [-0.4, -0.2) is 16.5 Å². The van der Waals surface area contributed by atoms with Gasteiger partial charge in [-0.1, -0.05) is 6.92 Å². The summed E-state index contributed by atoms with van der Waals surface area (Å²) < 4.78 is 5.29. The third-order valence-corrected chi connectivity index (χ3v) is 2.63. The summed E-state index contributed by atoms with van der Waals surface area (Å²) in [4.78, 5) is 8.97. The summed E-state index contributed by atoms with van der Waals surface area (Å²) in [6.07, 6.45) is 3.59. The topological polar surface area (TPSA) is 63.0 Å². The molecule has 2 aromatic heterocycles. The Balaban J connectivity index is 2.08. The molecule has 2 N–H and O–H groups in total. The highest BCUT2D eigenvalue weighted by molar-refractivity contribution is 5.47. The minimum absolute atomic E-state index is 0.626. The summed E-state index contributed by atoms with van der Waals surface area (Å²) in [5.74, 6) is 3.44. The van der Waals surface area contributed by atoms with Gasteiger partial charge in [-0.25, -0.2) is 9.97 Å². The van der Waals surface area contributed by atoms with E-state index < -0.39 is 0 Å². The number of hydrogen-bond donors (Lipinski definition) is 2. The number of furan rings is 1. The van der Waals surface area contributed by atoms with Gasteiger partial charge < -0.3 is 15.1 Å². The standard InChI is InChI=1S/C14H20N4O/c1-3-6-12-17-13(15-4-2)9-14(18-12)16-10-11-7-5-8-19-11/h5,7-9H,3-4,6,10H2,1-2H3,(H2,15,16,17,18). The highest BCUT2D eigenvalue weighted by atomic mass is 16.3. The van der Waals surface area contributed by atoms with Crippen LogP contribution in [0.1, 0.15) is 31.9 Å². The van der Waals surface area contributed by atoms with E-state index in [0.717, 1.165) is 42.6 Å². The first-order chi connectivity index (χ1) is 9.31. The van der Waals surface area contributed by atoms with Gasteiger partial charge in [0.15, 0.2) is 0 Å². The summed E-state index contributed by atoms with van der Waals surface area (Å²) in [5, 5.41) is 6.49. The van der Waals surface area contributed by atoms with Gasteiger partial charge in [-0.15, -0.1) is 0 Å². The summed E-state index contributed by atoms with van der Waals surface area (Å²) in [5.41, 5.74) is 0. The number of anilines is 2. The van der Waals surface area contributed by atoms with Crippen molar-refractivity contribution in [3.8, 4) is 0 Å². The van der Waals surface area contributed by atoms with Crippen LogP contribution in [0.15, 0.2) is 28.9 Å². The Hall–Kier alpha value is -2.04. The smallest absolute Gasteiger partial charge is 0.133 e. The van der Waals surface area contributed by atoms with Gasteiger partial charge >= 0.3 is 0 Å². The third-order valence-electron chi connectivity index (χ3n) is 2.63. The number of aryl methyl sites for hydroxylation is 1. The second kappa shape index (κ2) is 6.78. The first-order valence-electron chi connectivity index (χ1n) is 6.70. The minimum atomic E-state index is 0.626. The minimum Gasteiger partial charge on any atom is -0.467 e. The number of nitrogens with zero attached hydrogens (tertiary/aromatic N) is 2. The van der Waals surface area contributed by atoms with Gasteiger partial charge in [-0.05, 0) is 25.5 Å². The fraction of sp³-hybridized carbons (Fsp3) is 0.429. The molecule has 19 heavy (non-hydrogen) atoms. The Bertz CT molecular complexity index is 472. The average molecular weight is 260 g/mol. The maximum absolute atomic E-state index is 5.29. The lowest BCUT2D eigenvalue weighted by molar-refractivity contribution is 0.517. The Morgan fingerprint density at radius 3 is 2.58 bits per heavy atom. The van der Waals surface area contributed by atoms with Crippen molar-refractivity contribution in [3.05, 3.63) is 36.0 Å². The van der Waals surface area contributed by atoms with Crippen LogP contribution in [0, 0.1) is 0 Å². The van der Waals surface area contributed by atoms with Gasteiger partial charge in [0.05, 0.1) is 12.8 Å².